The Morgan fingerprint density at radius 3 is 2.47 bits per heavy atom. The smallest absolute Gasteiger partial charge is 0.410 e. The Kier molecular flexibility index (Phi) is 4.66. The van der Waals surface area contributed by atoms with Crippen LogP contribution in [0.2, 0.25) is 5.02 Å². The molecule has 2 unspecified atom stereocenters. The number of hydrogen-bond acceptors (Lipinski definition) is 3. The summed E-state index contributed by atoms with van der Waals surface area (Å²) in [5, 5.41) is 3.97. The lowest BCUT2D eigenvalue weighted by atomic mass is 10.1. The van der Waals surface area contributed by atoms with Gasteiger partial charge in [0.15, 0.2) is 0 Å². The van der Waals surface area contributed by atoms with Gasteiger partial charge in [0.2, 0.25) is 0 Å². The van der Waals surface area contributed by atoms with Crippen molar-refractivity contribution in [2.45, 2.75) is 32.5 Å². The molecule has 104 valence electrons. The van der Waals surface area contributed by atoms with Gasteiger partial charge in [-0.2, -0.15) is 0 Å². The first-order valence-electron chi connectivity index (χ1n) is 6.48. The minimum atomic E-state index is -0.253. The number of benzene rings is 1. The van der Waals surface area contributed by atoms with Crippen molar-refractivity contribution in [3.63, 3.8) is 0 Å². The number of piperazine rings is 1. The monoisotopic (exact) mass is 282 g/mol. The van der Waals surface area contributed by atoms with Crippen LogP contribution in [-0.4, -0.2) is 36.2 Å². The molecule has 4 nitrogen and oxygen atoms in total. The molecule has 1 fully saturated rings. The van der Waals surface area contributed by atoms with E-state index in [9.17, 15) is 4.79 Å². The number of amides is 1. The molecule has 0 aromatic heterocycles. The van der Waals surface area contributed by atoms with E-state index in [4.69, 9.17) is 16.3 Å². The van der Waals surface area contributed by atoms with Crippen LogP contribution < -0.4 is 5.32 Å². The third-order valence-electron chi connectivity index (χ3n) is 3.32. The van der Waals surface area contributed by atoms with E-state index in [1.165, 1.54) is 0 Å². The van der Waals surface area contributed by atoms with Crippen LogP contribution in [0.1, 0.15) is 19.4 Å². The maximum atomic E-state index is 12.1. The quantitative estimate of drug-likeness (QED) is 0.907. The molecule has 0 spiro atoms. The average Bonchev–Trinajstić information content (AvgIpc) is 2.38. The highest BCUT2D eigenvalue weighted by atomic mass is 35.5. The first-order chi connectivity index (χ1) is 9.08. The maximum Gasteiger partial charge on any atom is 0.410 e. The van der Waals surface area contributed by atoms with E-state index in [1.807, 2.05) is 26.0 Å². The first kappa shape index (κ1) is 14.2. The van der Waals surface area contributed by atoms with Gasteiger partial charge in [-0.15, -0.1) is 0 Å². The lowest BCUT2D eigenvalue weighted by Crippen LogP contribution is -2.57. The highest BCUT2D eigenvalue weighted by molar-refractivity contribution is 6.30. The molecule has 0 aliphatic carbocycles. The summed E-state index contributed by atoms with van der Waals surface area (Å²) in [6.07, 6.45) is -0.253. The molecule has 1 N–H and O–H groups in total. The van der Waals surface area contributed by atoms with E-state index >= 15 is 0 Å². The number of nitrogens with one attached hydrogen (secondary N) is 1. The molecule has 1 aromatic rings. The number of hydrogen-bond donors (Lipinski definition) is 1. The third-order valence-corrected chi connectivity index (χ3v) is 3.57. The highest BCUT2D eigenvalue weighted by Gasteiger charge is 2.29. The molecule has 1 aliphatic heterocycles. The van der Waals surface area contributed by atoms with Crippen molar-refractivity contribution in [1.82, 2.24) is 10.2 Å². The van der Waals surface area contributed by atoms with Gasteiger partial charge in [0.1, 0.15) is 6.61 Å². The minimum absolute atomic E-state index is 0.154. The standard InChI is InChI=1S/C14H19ClN2O2/c1-10-7-16-8-11(2)17(10)14(18)19-9-12-3-5-13(15)6-4-12/h3-6,10-11,16H,7-9H2,1-2H3. The third kappa shape index (κ3) is 3.61. The van der Waals surface area contributed by atoms with E-state index in [0.717, 1.165) is 18.7 Å². The van der Waals surface area contributed by atoms with Crippen LogP contribution in [0.3, 0.4) is 0 Å². The van der Waals surface area contributed by atoms with Crippen LogP contribution in [0.15, 0.2) is 24.3 Å². The predicted octanol–water partition coefficient (Wildman–Crippen LogP) is 2.66. The summed E-state index contributed by atoms with van der Waals surface area (Å²) in [4.78, 5) is 13.9. The van der Waals surface area contributed by atoms with E-state index in [0.29, 0.717) is 5.02 Å². The summed E-state index contributed by atoms with van der Waals surface area (Å²) in [7, 11) is 0. The van der Waals surface area contributed by atoms with Crippen LogP contribution in [-0.2, 0) is 11.3 Å². The minimum Gasteiger partial charge on any atom is -0.445 e. The second-order valence-electron chi connectivity index (χ2n) is 4.94. The molecule has 0 saturated carbocycles. The van der Waals surface area contributed by atoms with Gasteiger partial charge in [0.05, 0.1) is 0 Å². The van der Waals surface area contributed by atoms with E-state index < -0.39 is 0 Å². The Hall–Kier alpha value is -1.26. The Bertz CT molecular complexity index is 426. The Labute approximate surface area is 118 Å². The fourth-order valence-electron chi connectivity index (χ4n) is 2.29. The van der Waals surface area contributed by atoms with Crippen molar-refractivity contribution >= 4 is 17.7 Å². The van der Waals surface area contributed by atoms with Gasteiger partial charge in [-0.3, -0.25) is 0 Å². The van der Waals surface area contributed by atoms with Gasteiger partial charge >= 0.3 is 6.09 Å². The normalized spacial score (nSPS) is 23.2. The number of halogens is 1. The first-order valence-corrected chi connectivity index (χ1v) is 6.86. The number of ether oxygens (including phenoxy) is 1. The number of carbonyl (C=O) groups is 1. The number of carbonyl (C=O) groups excluding carboxylic acids is 1. The Balaban J connectivity index is 1.91. The summed E-state index contributed by atoms with van der Waals surface area (Å²) in [5.41, 5.74) is 0.938. The topological polar surface area (TPSA) is 41.6 Å². The predicted molar refractivity (Wildman–Crippen MR) is 75.3 cm³/mol. The van der Waals surface area contributed by atoms with E-state index in [1.54, 1.807) is 17.0 Å². The van der Waals surface area contributed by atoms with Crippen molar-refractivity contribution in [1.29, 1.82) is 0 Å². The summed E-state index contributed by atoms with van der Waals surface area (Å²) < 4.78 is 5.36. The van der Waals surface area contributed by atoms with E-state index in [-0.39, 0.29) is 24.8 Å². The molecule has 5 heteroatoms. The van der Waals surface area contributed by atoms with Crippen LogP contribution >= 0.6 is 11.6 Å². The van der Waals surface area contributed by atoms with Gasteiger partial charge in [-0.1, -0.05) is 23.7 Å². The number of nitrogens with zero attached hydrogens (tertiary/aromatic N) is 1. The summed E-state index contributed by atoms with van der Waals surface area (Å²) in [6.45, 7) is 5.93. The van der Waals surface area contributed by atoms with Gasteiger partial charge in [0.25, 0.3) is 0 Å². The maximum absolute atomic E-state index is 12.1. The van der Waals surface area contributed by atoms with Crippen LogP contribution in [0.25, 0.3) is 0 Å². The second-order valence-corrected chi connectivity index (χ2v) is 5.38. The fourth-order valence-corrected chi connectivity index (χ4v) is 2.42. The summed E-state index contributed by atoms with van der Waals surface area (Å²) >= 11 is 5.81. The zero-order chi connectivity index (χ0) is 13.8. The molecular weight excluding hydrogens is 264 g/mol. The average molecular weight is 283 g/mol. The van der Waals surface area contributed by atoms with Crippen LogP contribution in [0.5, 0.6) is 0 Å². The lowest BCUT2D eigenvalue weighted by Gasteiger charge is -2.38. The molecule has 1 aromatic carbocycles. The number of rotatable bonds is 2. The van der Waals surface area contributed by atoms with Crippen LogP contribution in [0, 0.1) is 0 Å². The van der Waals surface area contributed by atoms with Gasteiger partial charge in [-0.25, -0.2) is 4.79 Å². The van der Waals surface area contributed by atoms with Gasteiger partial charge in [-0.05, 0) is 31.5 Å². The fraction of sp³-hybridized carbons (Fsp3) is 0.500. The van der Waals surface area contributed by atoms with Gasteiger partial charge < -0.3 is 15.0 Å². The summed E-state index contributed by atoms with van der Waals surface area (Å²) in [6, 6.07) is 7.62. The van der Waals surface area contributed by atoms with E-state index in [2.05, 4.69) is 5.32 Å². The van der Waals surface area contributed by atoms with Crippen molar-refractivity contribution < 1.29 is 9.53 Å². The molecule has 2 rings (SSSR count). The molecule has 1 amide bonds. The molecule has 1 saturated heterocycles. The zero-order valence-electron chi connectivity index (χ0n) is 11.2. The molecule has 1 heterocycles. The molecule has 0 radical (unpaired) electrons. The summed E-state index contributed by atoms with van der Waals surface area (Å²) in [5.74, 6) is 0. The molecule has 19 heavy (non-hydrogen) atoms. The lowest BCUT2D eigenvalue weighted by molar-refractivity contribution is 0.0564. The largest absolute Gasteiger partial charge is 0.445 e. The highest BCUT2D eigenvalue weighted by Crippen LogP contribution is 2.14. The molecule has 0 bridgehead atoms. The molecular formula is C14H19ClN2O2. The van der Waals surface area contributed by atoms with Crippen molar-refractivity contribution in [3.8, 4) is 0 Å². The second kappa shape index (κ2) is 6.26. The molecule has 2 atom stereocenters. The van der Waals surface area contributed by atoms with Crippen molar-refractivity contribution in [2.24, 2.45) is 0 Å². The van der Waals surface area contributed by atoms with Crippen LogP contribution in [0.4, 0.5) is 4.79 Å². The van der Waals surface area contributed by atoms with Crippen molar-refractivity contribution in [2.75, 3.05) is 13.1 Å². The zero-order valence-corrected chi connectivity index (χ0v) is 12.0. The van der Waals surface area contributed by atoms with Crippen molar-refractivity contribution in [3.05, 3.63) is 34.9 Å². The SMILES string of the molecule is CC1CNCC(C)N1C(=O)OCc1ccc(Cl)cc1. The van der Waals surface area contributed by atoms with Gasteiger partial charge in [0, 0.05) is 30.2 Å². The molecule has 1 aliphatic rings. The Morgan fingerprint density at radius 1 is 1.32 bits per heavy atom. The Morgan fingerprint density at radius 2 is 1.89 bits per heavy atom.